The average Bonchev–Trinajstić information content (AvgIpc) is 3.06. The second-order valence-corrected chi connectivity index (χ2v) is 7.38. The summed E-state index contributed by atoms with van der Waals surface area (Å²) in [6.07, 6.45) is 3.36. The third kappa shape index (κ3) is 4.11. The summed E-state index contributed by atoms with van der Waals surface area (Å²) in [4.78, 5) is 37.4. The van der Waals surface area contributed by atoms with Gasteiger partial charge < -0.3 is 15.8 Å². The second-order valence-electron chi connectivity index (χ2n) is 6.24. The number of fused-ring (bicyclic) bond motifs is 1. The predicted molar refractivity (Wildman–Crippen MR) is 99.4 cm³/mol. The Morgan fingerprint density at radius 3 is 2.50 bits per heavy atom. The van der Waals surface area contributed by atoms with Crippen LogP contribution in [-0.2, 0) is 22.4 Å². The van der Waals surface area contributed by atoms with Crippen molar-refractivity contribution >= 4 is 34.8 Å². The summed E-state index contributed by atoms with van der Waals surface area (Å²) in [5.41, 5.74) is 7.24. The highest BCUT2D eigenvalue weighted by Crippen LogP contribution is 2.30. The molecule has 6 nitrogen and oxygen atoms in total. The van der Waals surface area contributed by atoms with Crippen molar-refractivity contribution < 1.29 is 19.1 Å². The first kappa shape index (κ1) is 18.1. The van der Waals surface area contributed by atoms with E-state index in [9.17, 15) is 14.4 Å². The van der Waals surface area contributed by atoms with Crippen molar-refractivity contribution in [2.45, 2.75) is 38.7 Å². The molecule has 1 unspecified atom stereocenters. The molecule has 0 spiro atoms. The fraction of sp³-hybridized carbons (Fsp3) is 0.316. The standard InChI is InChI=1S/C19H20N2O4S/c1-11(18(23)21-14-8-6-12(7-9-14)17(20)22)25-19(24)16-10-13-4-2-3-5-15(13)26-16/h6-11H,2-5H2,1H3,(H2,20,22)(H,21,23). The van der Waals surface area contributed by atoms with Crippen molar-refractivity contribution in [3.8, 4) is 0 Å². The van der Waals surface area contributed by atoms with Crippen molar-refractivity contribution in [3.05, 3.63) is 51.2 Å². The molecule has 2 amide bonds. The molecule has 0 bridgehead atoms. The maximum atomic E-state index is 12.3. The van der Waals surface area contributed by atoms with Gasteiger partial charge in [0.05, 0.1) is 0 Å². The van der Waals surface area contributed by atoms with Crippen LogP contribution in [0.2, 0.25) is 0 Å². The van der Waals surface area contributed by atoms with Gasteiger partial charge in [0, 0.05) is 16.1 Å². The number of primary amides is 1. The number of carbonyl (C=O) groups excluding carboxylic acids is 3. The summed E-state index contributed by atoms with van der Waals surface area (Å²) >= 11 is 1.46. The summed E-state index contributed by atoms with van der Waals surface area (Å²) in [5.74, 6) is -1.45. The molecule has 3 rings (SSSR count). The Balaban J connectivity index is 1.59. The van der Waals surface area contributed by atoms with Crippen molar-refractivity contribution in [1.82, 2.24) is 0 Å². The van der Waals surface area contributed by atoms with Gasteiger partial charge in [0.25, 0.3) is 5.91 Å². The van der Waals surface area contributed by atoms with Crippen LogP contribution >= 0.6 is 11.3 Å². The number of amides is 2. The van der Waals surface area contributed by atoms with Gasteiger partial charge in [-0.05, 0) is 68.5 Å². The molecule has 2 aromatic rings. The van der Waals surface area contributed by atoms with Crippen LogP contribution in [0, 0.1) is 0 Å². The smallest absolute Gasteiger partial charge is 0.349 e. The number of hydrogen-bond donors (Lipinski definition) is 2. The van der Waals surface area contributed by atoms with E-state index in [1.54, 1.807) is 12.1 Å². The number of thiophene rings is 1. The minimum Gasteiger partial charge on any atom is -0.448 e. The highest BCUT2D eigenvalue weighted by Gasteiger charge is 2.22. The number of aryl methyl sites for hydroxylation is 2. The molecular weight excluding hydrogens is 352 g/mol. The molecule has 1 atom stereocenters. The summed E-state index contributed by atoms with van der Waals surface area (Å²) in [7, 11) is 0. The maximum Gasteiger partial charge on any atom is 0.349 e. The van der Waals surface area contributed by atoms with E-state index in [4.69, 9.17) is 10.5 Å². The van der Waals surface area contributed by atoms with Crippen LogP contribution in [0.5, 0.6) is 0 Å². The molecule has 0 radical (unpaired) electrons. The van der Waals surface area contributed by atoms with E-state index in [-0.39, 0.29) is 0 Å². The Bertz CT molecular complexity index is 818. The minimum absolute atomic E-state index is 0.351. The molecule has 0 saturated carbocycles. The zero-order valence-electron chi connectivity index (χ0n) is 14.4. The van der Waals surface area contributed by atoms with Crippen LogP contribution in [0.3, 0.4) is 0 Å². The highest BCUT2D eigenvalue weighted by atomic mass is 32.1. The number of nitrogens with two attached hydrogens (primary N) is 1. The SMILES string of the molecule is CC(OC(=O)c1cc2c(s1)CCCC2)C(=O)Nc1ccc(C(N)=O)cc1. The molecule has 0 saturated heterocycles. The van der Waals surface area contributed by atoms with Gasteiger partial charge in [0.1, 0.15) is 4.88 Å². The molecule has 0 fully saturated rings. The first-order valence-electron chi connectivity index (χ1n) is 8.47. The first-order chi connectivity index (χ1) is 12.4. The van der Waals surface area contributed by atoms with Crippen LogP contribution in [-0.4, -0.2) is 23.9 Å². The van der Waals surface area contributed by atoms with E-state index >= 15 is 0 Å². The van der Waals surface area contributed by atoms with Crippen LogP contribution in [0.4, 0.5) is 5.69 Å². The zero-order valence-corrected chi connectivity index (χ0v) is 15.2. The first-order valence-corrected chi connectivity index (χ1v) is 9.29. The molecule has 1 aromatic carbocycles. The molecule has 1 aliphatic carbocycles. The number of ether oxygens (including phenoxy) is 1. The maximum absolute atomic E-state index is 12.3. The lowest BCUT2D eigenvalue weighted by Gasteiger charge is -2.13. The fourth-order valence-electron chi connectivity index (χ4n) is 2.83. The Morgan fingerprint density at radius 1 is 1.15 bits per heavy atom. The number of anilines is 1. The van der Waals surface area contributed by atoms with Gasteiger partial charge in [0.2, 0.25) is 5.91 Å². The summed E-state index contributed by atoms with van der Waals surface area (Å²) in [6.45, 7) is 1.53. The lowest BCUT2D eigenvalue weighted by atomic mass is 9.99. The lowest BCUT2D eigenvalue weighted by Crippen LogP contribution is -2.29. The Kier molecular flexibility index (Phi) is 5.37. The van der Waals surface area contributed by atoms with Gasteiger partial charge in [-0.15, -0.1) is 11.3 Å². The van der Waals surface area contributed by atoms with Gasteiger partial charge in [0.15, 0.2) is 6.10 Å². The van der Waals surface area contributed by atoms with Gasteiger partial charge in [-0.1, -0.05) is 0 Å². The number of esters is 1. The quantitative estimate of drug-likeness (QED) is 0.789. The molecule has 7 heteroatoms. The van der Waals surface area contributed by atoms with E-state index in [1.807, 2.05) is 6.07 Å². The molecule has 1 heterocycles. The monoisotopic (exact) mass is 372 g/mol. The van der Waals surface area contributed by atoms with Crippen LogP contribution in [0.25, 0.3) is 0 Å². The number of benzene rings is 1. The normalized spacial score (nSPS) is 14.2. The van der Waals surface area contributed by atoms with Crippen molar-refractivity contribution in [3.63, 3.8) is 0 Å². The number of carbonyl (C=O) groups is 3. The zero-order chi connectivity index (χ0) is 18.7. The van der Waals surface area contributed by atoms with E-state index < -0.39 is 23.9 Å². The number of rotatable bonds is 5. The number of nitrogens with one attached hydrogen (secondary N) is 1. The molecule has 0 aliphatic heterocycles. The van der Waals surface area contributed by atoms with Crippen molar-refractivity contribution in [1.29, 1.82) is 0 Å². The van der Waals surface area contributed by atoms with Crippen molar-refractivity contribution in [2.75, 3.05) is 5.32 Å². The molecule has 136 valence electrons. The average molecular weight is 372 g/mol. The summed E-state index contributed by atoms with van der Waals surface area (Å²) in [6, 6.07) is 8.06. The largest absolute Gasteiger partial charge is 0.448 e. The van der Waals surface area contributed by atoms with Gasteiger partial charge >= 0.3 is 5.97 Å². The Labute approximate surface area is 155 Å². The topological polar surface area (TPSA) is 98.5 Å². The molecular formula is C19H20N2O4S. The summed E-state index contributed by atoms with van der Waals surface area (Å²) < 4.78 is 5.30. The molecule has 3 N–H and O–H groups in total. The van der Waals surface area contributed by atoms with E-state index in [1.165, 1.54) is 40.8 Å². The summed E-state index contributed by atoms with van der Waals surface area (Å²) in [5, 5.41) is 2.65. The minimum atomic E-state index is -0.933. The Hall–Kier alpha value is -2.67. The van der Waals surface area contributed by atoms with Crippen LogP contribution in [0.15, 0.2) is 30.3 Å². The molecule has 1 aliphatic rings. The molecule has 1 aromatic heterocycles. The van der Waals surface area contributed by atoms with E-state index in [0.29, 0.717) is 16.1 Å². The van der Waals surface area contributed by atoms with Gasteiger partial charge in [-0.2, -0.15) is 0 Å². The van der Waals surface area contributed by atoms with E-state index in [2.05, 4.69) is 5.32 Å². The number of hydrogen-bond acceptors (Lipinski definition) is 5. The van der Waals surface area contributed by atoms with E-state index in [0.717, 1.165) is 25.7 Å². The van der Waals surface area contributed by atoms with Crippen LogP contribution in [0.1, 0.15) is 50.2 Å². The Morgan fingerprint density at radius 2 is 1.85 bits per heavy atom. The highest BCUT2D eigenvalue weighted by molar-refractivity contribution is 7.14. The second kappa shape index (κ2) is 7.70. The molecule has 26 heavy (non-hydrogen) atoms. The lowest BCUT2D eigenvalue weighted by molar-refractivity contribution is -0.123. The van der Waals surface area contributed by atoms with Gasteiger partial charge in [-0.25, -0.2) is 4.79 Å². The third-order valence-electron chi connectivity index (χ3n) is 4.29. The van der Waals surface area contributed by atoms with Gasteiger partial charge in [-0.3, -0.25) is 9.59 Å². The third-order valence-corrected chi connectivity index (χ3v) is 5.50. The van der Waals surface area contributed by atoms with Crippen LogP contribution < -0.4 is 11.1 Å². The van der Waals surface area contributed by atoms with Crippen molar-refractivity contribution in [2.24, 2.45) is 5.73 Å². The predicted octanol–water partition coefficient (Wildman–Crippen LogP) is 2.91. The fourth-order valence-corrected chi connectivity index (χ4v) is 3.96.